The van der Waals surface area contributed by atoms with Crippen LogP contribution in [-0.4, -0.2) is 15.0 Å². The Hall–Kier alpha value is -1.84. The number of fused-ring (bicyclic) bond motifs is 1. The quantitative estimate of drug-likeness (QED) is 0.732. The number of hydrogen-bond donors (Lipinski definition) is 1. The van der Waals surface area contributed by atoms with Crippen LogP contribution in [-0.2, 0) is 5.75 Å². The first-order valence-corrected chi connectivity index (χ1v) is 7.65. The molecule has 6 heteroatoms. The number of nitrogens with zero attached hydrogens (tertiary/aromatic N) is 3. The van der Waals surface area contributed by atoms with Crippen LogP contribution in [0.1, 0.15) is 11.1 Å². The molecule has 1 aromatic carbocycles. The van der Waals surface area contributed by atoms with E-state index in [1.54, 1.807) is 24.0 Å². The average molecular weight is 345 g/mol. The summed E-state index contributed by atoms with van der Waals surface area (Å²) in [6.45, 7) is 0. The zero-order valence-electron chi connectivity index (χ0n) is 10.3. The molecule has 0 aliphatic carbocycles. The van der Waals surface area contributed by atoms with Gasteiger partial charge in [-0.2, -0.15) is 5.26 Å². The Labute approximate surface area is 128 Å². The van der Waals surface area contributed by atoms with E-state index in [-0.39, 0.29) is 0 Å². The van der Waals surface area contributed by atoms with Crippen molar-refractivity contribution in [2.24, 2.45) is 0 Å². The van der Waals surface area contributed by atoms with Gasteiger partial charge in [-0.1, -0.05) is 23.9 Å². The van der Waals surface area contributed by atoms with Crippen molar-refractivity contribution in [2.75, 3.05) is 0 Å². The molecule has 0 radical (unpaired) electrons. The van der Waals surface area contributed by atoms with Crippen molar-refractivity contribution >= 4 is 38.9 Å². The topological polar surface area (TPSA) is 65.4 Å². The van der Waals surface area contributed by atoms with Crippen molar-refractivity contribution in [1.29, 1.82) is 5.26 Å². The SMILES string of the molecule is N#Cc1cccc(CSc2nc3ncc(Br)cc3[nH]2)c1. The van der Waals surface area contributed by atoms with Gasteiger partial charge in [-0.3, -0.25) is 0 Å². The van der Waals surface area contributed by atoms with E-state index in [1.807, 2.05) is 24.3 Å². The minimum absolute atomic E-state index is 0.679. The standard InChI is InChI=1S/C14H9BrN4S/c15-11-5-12-13(17-7-11)19-14(18-12)20-8-10-3-1-2-9(4-10)6-16/h1-5,7H,8H2,(H,17,18,19). The van der Waals surface area contributed by atoms with E-state index < -0.39 is 0 Å². The van der Waals surface area contributed by atoms with Crippen molar-refractivity contribution in [3.8, 4) is 6.07 Å². The van der Waals surface area contributed by atoms with Crippen LogP contribution < -0.4 is 0 Å². The molecule has 20 heavy (non-hydrogen) atoms. The van der Waals surface area contributed by atoms with E-state index in [0.717, 1.165) is 26.5 Å². The highest BCUT2D eigenvalue weighted by molar-refractivity contribution is 9.10. The van der Waals surface area contributed by atoms with Gasteiger partial charge in [-0.25, -0.2) is 9.97 Å². The zero-order valence-corrected chi connectivity index (χ0v) is 12.7. The highest BCUT2D eigenvalue weighted by atomic mass is 79.9. The zero-order chi connectivity index (χ0) is 13.9. The molecule has 2 aromatic heterocycles. The summed E-state index contributed by atoms with van der Waals surface area (Å²) in [5.41, 5.74) is 3.40. The van der Waals surface area contributed by atoms with Crippen LogP contribution in [0.3, 0.4) is 0 Å². The largest absolute Gasteiger partial charge is 0.331 e. The molecule has 0 spiro atoms. The summed E-state index contributed by atoms with van der Waals surface area (Å²) >= 11 is 4.98. The number of aromatic amines is 1. The Bertz CT molecular complexity index is 806. The Balaban J connectivity index is 1.78. The predicted octanol–water partition coefficient (Wildman–Crippen LogP) is 3.88. The van der Waals surface area contributed by atoms with Crippen LogP contribution in [0, 0.1) is 11.3 Å². The van der Waals surface area contributed by atoms with Gasteiger partial charge in [0.15, 0.2) is 10.8 Å². The fraction of sp³-hybridized carbons (Fsp3) is 0.0714. The molecule has 0 fully saturated rings. The number of benzene rings is 1. The molecule has 0 atom stereocenters. The molecule has 0 saturated carbocycles. The summed E-state index contributed by atoms with van der Waals surface area (Å²) in [6, 6.07) is 11.7. The normalized spacial score (nSPS) is 10.6. The van der Waals surface area contributed by atoms with Gasteiger partial charge < -0.3 is 4.98 Å². The van der Waals surface area contributed by atoms with Crippen molar-refractivity contribution < 1.29 is 0 Å². The number of rotatable bonds is 3. The lowest BCUT2D eigenvalue weighted by Gasteiger charge is -1.99. The van der Waals surface area contributed by atoms with Crippen LogP contribution in [0.2, 0.25) is 0 Å². The van der Waals surface area contributed by atoms with Crippen molar-refractivity contribution in [3.05, 3.63) is 52.1 Å². The monoisotopic (exact) mass is 344 g/mol. The van der Waals surface area contributed by atoms with Crippen molar-refractivity contribution in [3.63, 3.8) is 0 Å². The van der Waals surface area contributed by atoms with Gasteiger partial charge in [0.2, 0.25) is 0 Å². The van der Waals surface area contributed by atoms with Gasteiger partial charge in [-0.05, 0) is 39.7 Å². The summed E-state index contributed by atoms with van der Waals surface area (Å²) < 4.78 is 0.923. The number of imidazole rings is 1. The van der Waals surface area contributed by atoms with Crippen molar-refractivity contribution in [2.45, 2.75) is 10.9 Å². The average Bonchev–Trinajstić information content (AvgIpc) is 2.87. The molecule has 1 N–H and O–H groups in total. The number of thioether (sulfide) groups is 1. The number of pyridine rings is 1. The molecule has 4 nitrogen and oxygen atoms in total. The molecular formula is C14H9BrN4S. The third-order valence-electron chi connectivity index (χ3n) is 2.71. The molecule has 98 valence electrons. The number of halogens is 1. The first-order valence-electron chi connectivity index (χ1n) is 5.88. The molecule has 2 heterocycles. The van der Waals surface area contributed by atoms with Crippen LogP contribution in [0.25, 0.3) is 11.2 Å². The van der Waals surface area contributed by atoms with Gasteiger partial charge in [-0.15, -0.1) is 0 Å². The maximum absolute atomic E-state index is 8.88. The Kier molecular flexibility index (Phi) is 3.72. The maximum atomic E-state index is 8.88. The molecule has 0 aliphatic heterocycles. The van der Waals surface area contributed by atoms with Gasteiger partial charge in [0.1, 0.15) is 0 Å². The van der Waals surface area contributed by atoms with E-state index >= 15 is 0 Å². The van der Waals surface area contributed by atoms with Gasteiger partial charge in [0.25, 0.3) is 0 Å². The highest BCUT2D eigenvalue weighted by Gasteiger charge is 2.05. The highest BCUT2D eigenvalue weighted by Crippen LogP contribution is 2.23. The van der Waals surface area contributed by atoms with E-state index in [4.69, 9.17) is 5.26 Å². The lowest BCUT2D eigenvalue weighted by molar-refractivity contribution is 1.07. The van der Waals surface area contributed by atoms with Crippen LogP contribution >= 0.6 is 27.7 Å². The third kappa shape index (κ3) is 2.84. The number of nitrogens with one attached hydrogen (secondary N) is 1. The van der Waals surface area contributed by atoms with Crippen LogP contribution in [0.15, 0.2) is 46.2 Å². The smallest absolute Gasteiger partial charge is 0.178 e. The second kappa shape index (κ2) is 5.65. The second-order valence-electron chi connectivity index (χ2n) is 4.17. The minimum Gasteiger partial charge on any atom is -0.331 e. The summed E-state index contributed by atoms with van der Waals surface area (Å²) in [5, 5.41) is 9.71. The maximum Gasteiger partial charge on any atom is 0.178 e. The van der Waals surface area contributed by atoms with Crippen LogP contribution in [0.4, 0.5) is 0 Å². The number of hydrogen-bond acceptors (Lipinski definition) is 4. The van der Waals surface area contributed by atoms with Crippen LogP contribution in [0.5, 0.6) is 0 Å². The molecular weight excluding hydrogens is 336 g/mol. The van der Waals surface area contributed by atoms with Gasteiger partial charge in [0, 0.05) is 16.4 Å². The lowest BCUT2D eigenvalue weighted by Crippen LogP contribution is -1.83. The van der Waals surface area contributed by atoms with E-state index in [1.165, 1.54) is 0 Å². The number of nitriles is 1. The molecule has 0 bridgehead atoms. The molecule has 3 rings (SSSR count). The van der Waals surface area contributed by atoms with Gasteiger partial charge >= 0.3 is 0 Å². The lowest BCUT2D eigenvalue weighted by atomic mass is 10.2. The fourth-order valence-corrected chi connectivity index (χ4v) is 2.95. The molecule has 0 aliphatic rings. The van der Waals surface area contributed by atoms with Crippen molar-refractivity contribution in [1.82, 2.24) is 15.0 Å². The Morgan fingerprint density at radius 2 is 2.25 bits per heavy atom. The number of aromatic nitrogens is 3. The van der Waals surface area contributed by atoms with Gasteiger partial charge in [0.05, 0.1) is 17.1 Å². The van der Waals surface area contributed by atoms with E-state index in [9.17, 15) is 0 Å². The predicted molar refractivity (Wildman–Crippen MR) is 82.3 cm³/mol. The molecule has 0 unspecified atom stereocenters. The first kappa shape index (κ1) is 13.2. The Morgan fingerprint density at radius 1 is 1.35 bits per heavy atom. The molecule has 0 amide bonds. The van der Waals surface area contributed by atoms with E-state index in [2.05, 4.69) is 37.0 Å². The third-order valence-corrected chi connectivity index (χ3v) is 4.09. The van der Waals surface area contributed by atoms with E-state index in [0.29, 0.717) is 11.2 Å². The summed E-state index contributed by atoms with van der Waals surface area (Å²) in [6.07, 6.45) is 1.73. The first-order chi connectivity index (χ1) is 9.74. The molecule has 3 aromatic rings. The summed E-state index contributed by atoms with van der Waals surface area (Å²) in [7, 11) is 0. The number of H-pyrrole nitrogens is 1. The second-order valence-corrected chi connectivity index (χ2v) is 6.05. The minimum atomic E-state index is 0.679. The fourth-order valence-electron chi connectivity index (χ4n) is 1.80. The molecule has 0 saturated heterocycles. The summed E-state index contributed by atoms with van der Waals surface area (Å²) in [4.78, 5) is 11.9. The summed E-state index contributed by atoms with van der Waals surface area (Å²) in [5.74, 6) is 0.760. The Morgan fingerprint density at radius 3 is 3.10 bits per heavy atom.